The Morgan fingerprint density at radius 1 is 1.14 bits per heavy atom. The second kappa shape index (κ2) is 5.91. The number of halogens is 1. The van der Waals surface area contributed by atoms with Gasteiger partial charge in [-0.25, -0.2) is 4.39 Å². The molecule has 1 unspecified atom stereocenters. The number of benzene rings is 1. The zero-order valence-corrected chi connectivity index (χ0v) is 12.1. The molecule has 0 saturated carbocycles. The van der Waals surface area contributed by atoms with Gasteiger partial charge in [-0.15, -0.1) is 4.59 Å². The number of rotatable bonds is 4. The fourth-order valence-electron chi connectivity index (χ4n) is 2.94. The Morgan fingerprint density at radius 3 is 2.48 bits per heavy atom. The van der Waals surface area contributed by atoms with Gasteiger partial charge in [-0.2, -0.15) is 0 Å². The molecule has 0 aliphatic carbocycles. The fraction of sp³-hybridized carbons (Fsp3) is 0.467. The van der Waals surface area contributed by atoms with Crippen molar-refractivity contribution in [1.82, 2.24) is 9.49 Å². The largest absolute Gasteiger partial charge is 0.378 e. The molecule has 0 radical (unpaired) electrons. The quantitative estimate of drug-likeness (QED) is 0.867. The van der Waals surface area contributed by atoms with Crippen molar-refractivity contribution in [3.63, 3.8) is 0 Å². The molecule has 2 N–H and O–H groups in total. The Balaban J connectivity index is 1.78. The van der Waals surface area contributed by atoms with E-state index in [4.69, 9.17) is 5.73 Å². The number of hydrogen-bond acceptors (Lipinski definition) is 4. The number of nitrogens with zero attached hydrogens (tertiary/aromatic N) is 4. The highest BCUT2D eigenvalue weighted by Gasteiger charge is 2.35. The van der Waals surface area contributed by atoms with Crippen molar-refractivity contribution >= 4 is 5.69 Å². The molecule has 112 valence electrons. The number of piperidine rings is 1. The van der Waals surface area contributed by atoms with E-state index in [1.807, 2.05) is 6.20 Å². The molecule has 2 aliphatic heterocycles. The molecule has 0 aromatic heterocycles. The molecule has 5 nitrogen and oxygen atoms in total. The number of likely N-dealkylation sites (tertiary alicyclic amines) is 1. The van der Waals surface area contributed by atoms with Crippen LogP contribution >= 0.6 is 0 Å². The van der Waals surface area contributed by atoms with Crippen LogP contribution in [0.15, 0.2) is 46.6 Å². The molecular weight excluding hydrogens is 269 g/mol. The lowest BCUT2D eigenvalue weighted by Crippen LogP contribution is -2.44. The highest BCUT2D eigenvalue weighted by Crippen LogP contribution is 2.30. The van der Waals surface area contributed by atoms with Crippen LogP contribution in [0.1, 0.15) is 19.3 Å². The second-order valence-electron chi connectivity index (χ2n) is 5.67. The summed E-state index contributed by atoms with van der Waals surface area (Å²) in [7, 11) is 0. The summed E-state index contributed by atoms with van der Waals surface area (Å²) < 4.78 is 13.4. The average molecular weight is 290 g/mol. The number of hydrogen-bond donors (Lipinski definition) is 1. The molecule has 21 heavy (non-hydrogen) atoms. The van der Waals surface area contributed by atoms with Crippen LogP contribution in [0, 0.1) is 5.82 Å². The molecule has 1 aromatic carbocycles. The molecule has 2 heterocycles. The van der Waals surface area contributed by atoms with E-state index in [1.165, 1.54) is 31.4 Å². The average Bonchev–Trinajstić information content (AvgIpc) is 2.90. The minimum Gasteiger partial charge on any atom is -0.378 e. The molecule has 1 aromatic rings. The standard InChI is InChI=1S/C15H21FN5/c16-13-4-6-14(7-5-13)21(12-15(17)18-19-21)11-10-20-8-2-1-3-9-20/h4-7,12H,1-3,8-11,17H2/q+1. The summed E-state index contributed by atoms with van der Waals surface area (Å²) in [5.41, 5.74) is 6.67. The first-order valence-electron chi connectivity index (χ1n) is 7.46. The minimum absolute atomic E-state index is 0.225. The second-order valence-corrected chi connectivity index (χ2v) is 5.67. The zero-order chi connectivity index (χ0) is 14.7. The highest BCUT2D eigenvalue weighted by atomic mass is 19.1. The van der Waals surface area contributed by atoms with Crippen LogP contribution < -0.4 is 10.3 Å². The first-order chi connectivity index (χ1) is 10.2. The first kappa shape index (κ1) is 14.2. The van der Waals surface area contributed by atoms with Gasteiger partial charge in [0.05, 0.1) is 6.54 Å². The van der Waals surface area contributed by atoms with Crippen molar-refractivity contribution < 1.29 is 4.39 Å². The summed E-state index contributed by atoms with van der Waals surface area (Å²) in [6.45, 7) is 3.97. The van der Waals surface area contributed by atoms with Gasteiger partial charge in [-0.1, -0.05) is 11.5 Å². The molecule has 0 spiro atoms. The maximum absolute atomic E-state index is 13.1. The predicted molar refractivity (Wildman–Crippen MR) is 80.5 cm³/mol. The van der Waals surface area contributed by atoms with Crippen molar-refractivity contribution in [2.24, 2.45) is 16.1 Å². The summed E-state index contributed by atoms with van der Waals surface area (Å²) in [6.07, 6.45) is 5.67. The zero-order valence-electron chi connectivity index (χ0n) is 12.1. The third-order valence-corrected chi connectivity index (χ3v) is 4.15. The van der Waals surface area contributed by atoms with E-state index in [2.05, 4.69) is 15.2 Å². The van der Waals surface area contributed by atoms with E-state index >= 15 is 0 Å². The third-order valence-electron chi connectivity index (χ3n) is 4.15. The number of nitrogens with two attached hydrogens (primary N) is 1. The van der Waals surface area contributed by atoms with Crippen LogP contribution in [-0.2, 0) is 0 Å². The molecule has 0 bridgehead atoms. The Kier molecular flexibility index (Phi) is 3.98. The Bertz CT molecular complexity index is 548. The van der Waals surface area contributed by atoms with Crippen LogP contribution in [0.25, 0.3) is 0 Å². The van der Waals surface area contributed by atoms with Gasteiger partial charge < -0.3 is 5.73 Å². The Morgan fingerprint density at radius 2 is 1.86 bits per heavy atom. The lowest BCUT2D eigenvalue weighted by atomic mass is 10.1. The van der Waals surface area contributed by atoms with Gasteiger partial charge >= 0.3 is 0 Å². The van der Waals surface area contributed by atoms with Crippen LogP contribution in [-0.4, -0.2) is 31.1 Å². The summed E-state index contributed by atoms with van der Waals surface area (Å²) in [4.78, 5) is 2.45. The van der Waals surface area contributed by atoms with E-state index in [0.29, 0.717) is 5.82 Å². The molecule has 0 amide bonds. The van der Waals surface area contributed by atoms with Gasteiger partial charge in [-0.05, 0) is 38.1 Å². The van der Waals surface area contributed by atoms with E-state index in [-0.39, 0.29) is 10.4 Å². The van der Waals surface area contributed by atoms with Gasteiger partial charge in [0.25, 0.3) is 0 Å². The van der Waals surface area contributed by atoms with Crippen LogP contribution in [0.5, 0.6) is 0 Å². The summed E-state index contributed by atoms with van der Waals surface area (Å²) in [5.74, 6) is 0.166. The maximum Gasteiger partial charge on any atom is 0.208 e. The van der Waals surface area contributed by atoms with Gasteiger partial charge in [-0.3, -0.25) is 4.90 Å². The van der Waals surface area contributed by atoms with E-state index < -0.39 is 0 Å². The van der Waals surface area contributed by atoms with Crippen molar-refractivity contribution in [3.05, 3.63) is 42.1 Å². The molecule has 6 heteroatoms. The highest BCUT2D eigenvalue weighted by molar-refractivity contribution is 5.45. The Hall–Kier alpha value is -1.79. The predicted octanol–water partition coefficient (Wildman–Crippen LogP) is 2.76. The maximum atomic E-state index is 13.1. The van der Waals surface area contributed by atoms with E-state index in [1.54, 1.807) is 12.1 Å². The topological polar surface area (TPSA) is 54.0 Å². The van der Waals surface area contributed by atoms with Crippen molar-refractivity contribution in [1.29, 1.82) is 0 Å². The van der Waals surface area contributed by atoms with E-state index in [9.17, 15) is 4.39 Å². The van der Waals surface area contributed by atoms with E-state index in [0.717, 1.165) is 31.9 Å². The smallest absolute Gasteiger partial charge is 0.208 e. The monoisotopic (exact) mass is 290 g/mol. The molecule has 1 fully saturated rings. The molecule has 2 aliphatic rings. The first-order valence-corrected chi connectivity index (χ1v) is 7.46. The summed E-state index contributed by atoms with van der Waals surface area (Å²) in [6, 6.07) is 6.40. The van der Waals surface area contributed by atoms with Gasteiger partial charge in [0.1, 0.15) is 12.4 Å². The van der Waals surface area contributed by atoms with Gasteiger partial charge in [0.15, 0.2) is 11.9 Å². The molecule has 1 saturated heterocycles. The SMILES string of the molecule is NC1=C[N+](CCN2CCCCC2)(c2ccc(F)cc2)N=N1. The van der Waals surface area contributed by atoms with Crippen LogP contribution in [0.3, 0.4) is 0 Å². The van der Waals surface area contributed by atoms with Crippen LogP contribution in [0.2, 0.25) is 0 Å². The molecule has 1 atom stereocenters. The normalized spacial score (nSPS) is 26.0. The summed E-state index contributed by atoms with van der Waals surface area (Å²) >= 11 is 0. The van der Waals surface area contributed by atoms with Crippen molar-refractivity contribution in [2.45, 2.75) is 19.3 Å². The molecule has 3 rings (SSSR count). The van der Waals surface area contributed by atoms with Gasteiger partial charge in [0, 0.05) is 17.4 Å². The van der Waals surface area contributed by atoms with Crippen molar-refractivity contribution in [2.75, 3.05) is 26.2 Å². The Labute approximate surface area is 124 Å². The fourth-order valence-corrected chi connectivity index (χ4v) is 2.94. The lowest BCUT2D eigenvalue weighted by Gasteiger charge is -2.30. The number of quaternary nitrogens is 1. The van der Waals surface area contributed by atoms with Crippen molar-refractivity contribution in [3.8, 4) is 0 Å². The van der Waals surface area contributed by atoms with Crippen LogP contribution in [0.4, 0.5) is 10.1 Å². The molecular formula is C15H21FN5+. The van der Waals surface area contributed by atoms with Gasteiger partial charge in [0.2, 0.25) is 5.82 Å². The minimum atomic E-state index is -0.249. The lowest BCUT2D eigenvalue weighted by molar-refractivity contribution is 0.205. The third kappa shape index (κ3) is 3.11. The summed E-state index contributed by atoms with van der Waals surface area (Å²) in [5, 5.41) is 8.30.